The lowest BCUT2D eigenvalue weighted by Crippen LogP contribution is -2.45. The molecule has 1 aliphatic heterocycles. The van der Waals surface area contributed by atoms with E-state index in [1.54, 1.807) is 56.5 Å². The molecule has 4 N–H and O–H groups in total. The highest BCUT2D eigenvalue weighted by molar-refractivity contribution is 7.80. The minimum Gasteiger partial charge on any atom is -0.508 e. The maximum atomic E-state index is 13.0. The molecule has 134 valence electrons. The first kappa shape index (κ1) is 17.8. The molecule has 7 heteroatoms. The fourth-order valence-corrected chi connectivity index (χ4v) is 3.08. The van der Waals surface area contributed by atoms with Crippen molar-refractivity contribution < 1.29 is 14.6 Å². The first-order chi connectivity index (χ1) is 12.5. The van der Waals surface area contributed by atoms with Crippen LogP contribution < -0.4 is 20.7 Å². The van der Waals surface area contributed by atoms with Crippen LogP contribution in [0.2, 0.25) is 0 Å². The van der Waals surface area contributed by atoms with Gasteiger partial charge in [0.2, 0.25) is 0 Å². The highest BCUT2D eigenvalue weighted by Crippen LogP contribution is 2.29. The van der Waals surface area contributed by atoms with Crippen molar-refractivity contribution >= 4 is 28.9 Å². The zero-order valence-corrected chi connectivity index (χ0v) is 15.2. The number of phenols is 1. The van der Waals surface area contributed by atoms with Crippen LogP contribution in [0.25, 0.3) is 0 Å². The molecule has 0 fully saturated rings. The number of amides is 1. The summed E-state index contributed by atoms with van der Waals surface area (Å²) in [4.78, 5) is 13.0. The third-order valence-electron chi connectivity index (χ3n) is 4.07. The van der Waals surface area contributed by atoms with E-state index in [-0.39, 0.29) is 11.7 Å². The number of carbonyl (C=O) groups is 1. The Balaban J connectivity index is 1.92. The van der Waals surface area contributed by atoms with Crippen LogP contribution in [-0.2, 0) is 4.79 Å². The quantitative estimate of drug-likeness (QED) is 0.621. The van der Waals surface area contributed by atoms with Gasteiger partial charge in [-0.15, -0.1) is 0 Å². The Hall–Kier alpha value is -3.06. The third kappa shape index (κ3) is 3.78. The van der Waals surface area contributed by atoms with Crippen molar-refractivity contribution in [3.05, 3.63) is 65.4 Å². The number of hydrogen-bond acceptors (Lipinski definition) is 4. The number of benzene rings is 2. The van der Waals surface area contributed by atoms with Crippen LogP contribution in [0.1, 0.15) is 18.5 Å². The van der Waals surface area contributed by atoms with E-state index >= 15 is 0 Å². The highest BCUT2D eigenvalue weighted by Gasteiger charge is 2.29. The summed E-state index contributed by atoms with van der Waals surface area (Å²) in [6.45, 7) is 1.81. The number of ether oxygens (including phenoxy) is 1. The number of phenolic OH excluding ortho intramolecular Hbond substituents is 1. The summed E-state index contributed by atoms with van der Waals surface area (Å²) in [5.74, 6) is 0.564. The van der Waals surface area contributed by atoms with E-state index in [2.05, 4.69) is 16.0 Å². The molecule has 2 aromatic carbocycles. The minimum atomic E-state index is -0.421. The molecule has 1 amide bonds. The van der Waals surface area contributed by atoms with E-state index in [9.17, 15) is 9.90 Å². The number of hydrogen-bond donors (Lipinski definition) is 4. The average molecular weight is 369 g/mol. The van der Waals surface area contributed by atoms with E-state index in [0.29, 0.717) is 27.8 Å². The van der Waals surface area contributed by atoms with Crippen LogP contribution in [0, 0.1) is 0 Å². The molecule has 6 nitrogen and oxygen atoms in total. The number of nitrogens with one attached hydrogen (secondary N) is 3. The lowest BCUT2D eigenvalue weighted by molar-refractivity contribution is -0.113. The van der Waals surface area contributed by atoms with Gasteiger partial charge in [0.05, 0.1) is 18.7 Å². The zero-order valence-electron chi connectivity index (χ0n) is 14.4. The molecule has 26 heavy (non-hydrogen) atoms. The molecule has 0 saturated heterocycles. The van der Waals surface area contributed by atoms with Gasteiger partial charge in [-0.25, -0.2) is 0 Å². The summed E-state index contributed by atoms with van der Waals surface area (Å²) >= 11 is 5.23. The van der Waals surface area contributed by atoms with E-state index < -0.39 is 6.04 Å². The second-order valence-corrected chi connectivity index (χ2v) is 6.26. The molecule has 1 atom stereocenters. The van der Waals surface area contributed by atoms with Gasteiger partial charge in [0, 0.05) is 17.5 Å². The van der Waals surface area contributed by atoms with Gasteiger partial charge in [0.25, 0.3) is 5.91 Å². The van der Waals surface area contributed by atoms with Crippen LogP contribution in [0.3, 0.4) is 0 Å². The van der Waals surface area contributed by atoms with Crippen molar-refractivity contribution in [2.45, 2.75) is 13.0 Å². The molecule has 2 aromatic rings. The van der Waals surface area contributed by atoms with Crippen LogP contribution in [-0.4, -0.2) is 23.2 Å². The van der Waals surface area contributed by atoms with Gasteiger partial charge >= 0.3 is 0 Å². The molecule has 0 aliphatic carbocycles. The molecule has 1 heterocycles. The summed E-state index contributed by atoms with van der Waals surface area (Å²) < 4.78 is 5.19. The van der Waals surface area contributed by atoms with Crippen molar-refractivity contribution in [3.63, 3.8) is 0 Å². The van der Waals surface area contributed by atoms with Crippen LogP contribution in [0.15, 0.2) is 59.8 Å². The van der Waals surface area contributed by atoms with Crippen molar-refractivity contribution in [1.29, 1.82) is 0 Å². The Morgan fingerprint density at radius 3 is 2.65 bits per heavy atom. The van der Waals surface area contributed by atoms with Crippen molar-refractivity contribution in [1.82, 2.24) is 10.6 Å². The smallest absolute Gasteiger partial charge is 0.255 e. The van der Waals surface area contributed by atoms with Gasteiger partial charge in [-0.1, -0.05) is 18.2 Å². The second-order valence-electron chi connectivity index (χ2n) is 5.85. The van der Waals surface area contributed by atoms with E-state index in [0.717, 1.165) is 5.56 Å². The van der Waals surface area contributed by atoms with Crippen LogP contribution in [0.5, 0.6) is 11.5 Å². The van der Waals surface area contributed by atoms with Crippen LogP contribution >= 0.6 is 12.2 Å². The standard InChI is InChI=1S/C19H19N3O3S/c1-11-16(18(24)21-13-4-3-5-15(10-13)25-2)17(22-19(26)20-11)12-6-8-14(23)9-7-12/h3-10,17,23H,1-2H3,(H,21,24)(H2,20,22,26)/t17-/m1/s1. The maximum Gasteiger partial charge on any atom is 0.255 e. The van der Waals surface area contributed by atoms with Gasteiger partial charge in [-0.2, -0.15) is 0 Å². The summed E-state index contributed by atoms with van der Waals surface area (Å²) in [7, 11) is 1.57. The van der Waals surface area contributed by atoms with Gasteiger partial charge in [0.15, 0.2) is 5.11 Å². The molecule has 0 radical (unpaired) electrons. The number of rotatable bonds is 4. The normalized spacial score (nSPS) is 16.5. The summed E-state index contributed by atoms with van der Waals surface area (Å²) in [5, 5.41) is 19.0. The fourth-order valence-electron chi connectivity index (χ4n) is 2.81. The molecule has 0 aromatic heterocycles. The Morgan fingerprint density at radius 1 is 1.23 bits per heavy atom. The minimum absolute atomic E-state index is 0.161. The van der Waals surface area contributed by atoms with Crippen molar-refractivity contribution in [2.75, 3.05) is 12.4 Å². The Kier molecular flexibility index (Phi) is 5.09. The Labute approximate surface area is 156 Å². The number of allylic oxidation sites excluding steroid dienone is 1. The number of aromatic hydroxyl groups is 1. The Bertz CT molecular complexity index is 878. The molecule has 0 saturated carbocycles. The number of thiocarbonyl (C=S) groups is 1. The fraction of sp³-hybridized carbons (Fsp3) is 0.158. The second kappa shape index (κ2) is 7.45. The van der Waals surface area contributed by atoms with Crippen molar-refractivity contribution in [2.24, 2.45) is 0 Å². The van der Waals surface area contributed by atoms with E-state index in [1.807, 2.05) is 6.07 Å². The van der Waals surface area contributed by atoms with Crippen molar-refractivity contribution in [3.8, 4) is 11.5 Å². The first-order valence-electron chi connectivity index (χ1n) is 8.00. The van der Waals surface area contributed by atoms with Gasteiger partial charge in [-0.3, -0.25) is 4.79 Å². The highest BCUT2D eigenvalue weighted by atomic mass is 32.1. The summed E-state index contributed by atoms with van der Waals surface area (Å²) in [5.41, 5.74) is 2.65. The first-order valence-corrected chi connectivity index (χ1v) is 8.41. The summed E-state index contributed by atoms with van der Waals surface area (Å²) in [6, 6.07) is 13.4. The summed E-state index contributed by atoms with van der Waals surface area (Å²) in [6.07, 6.45) is 0. The lowest BCUT2D eigenvalue weighted by Gasteiger charge is -2.30. The molecular weight excluding hydrogens is 350 g/mol. The van der Waals surface area contributed by atoms with E-state index in [1.165, 1.54) is 0 Å². The van der Waals surface area contributed by atoms with Gasteiger partial charge < -0.3 is 25.8 Å². The molecule has 0 unspecified atom stereocenters. The van der Waals surface area contributed by atoms with Crippen LogP contribution in [0.4, 0.5) is 5.69 Å². The molecule has 3 rings (SSSR count). The topological polar surface area (TPSA) is 82.6 Å². The van der Waals surface area contributed by atoms with Gasteiger partial charge in [-0.05, 0) is 49.0 Å². The molecular formula is C19H19N3O3S. The number of carbonyl (C=O) groups excluding carboxylic acids is 1. The average Bonchev–Trinajstić information content (AvgIpc) is 2.61. The van der Waals surface area contributed by atoms with Gasteiger partial charge in [0.1, 0.15) is 11.5 Å². The largest absolute Gasteiger partial charge is 0.508 e. The third-order valence-corrected chi connectivity index (χ3v) is 4.29. The lowest BCUT2D eigenvalue weighted by atomic mass is 9.95. The molecule has 0 bridgehead atoms. The predicted octanol–water partition coefficient (Wildman–Crippen LogP) is 2.83. The Morgan fingerprint density at radius 2 is 1.96 bits per heavy atom. The number of methoxy groups -OCH3 is 1. The molecule has 1 aliphatic rings. The predicted molar refractivity (Wildman–Crippen MR) is 104 cm³/mol. The SMILES string of the molecule is COc1cccc(NC(=O)C2=C(C)NC(=S)N[C@@H]2c2ccc(O)cc2)c1. The molecule has 0 spiro atoms. The zero-order chi connectivity index (χ0) is 18.7. The monoisotopic (exact) mass is 369 g/mol. The maximum absolute atomic E-state index is 13.0. The number of anilines is 1. The van der Waals surface area contributed by atoms with E-state index in [4.69, 9.17) is 17.0 Å².